The Balaban J connectivity index is 1.35. The van der Waals surface area contributed by atoms with Gasteiger partial charge in [-0.25, -0.2) is 14.4 Å². The molecule has 5 atom stereocenters. The molecule has 4 aromatic rings. The van der Waals surface area contributed by atoms with Gasteiger partial charge in [0, 0.05) is 36.3 Å². The molecule has 44 heavy (non-hydrogen) atoms. The van der Waals surface area contributed by atoms with Crippen molar-refractivity contribution in [1.82, 2.24) is 19.9 Å². The lowest BCUT2D eigenvalue weighted by Crippen LogP contribution is -2.35. The number of aliphatic hydroxyl groups excluding tert-OH is 3. The van der Waals surface area contributed by atoms with E-state index in [1.165, 1.54) is 17.4 Å². The average Bonchev–Trinajstić information content (AvgIpc) is 3.65. The van der Waals surface area contributed by atoms with Crippen molar-refractivity contribution in [3.63, 3.8) is 0 Å². The van der Waals surface area contributed by atoms with Crippen molar-refractivity contribution in [2.24, 2.45) is 5.92 Å². The Labute approximate surface area is 253 Å². The van der Waals surface area contributed by atoms with E-state index in [0.29, 0.717) is 34.1 Å². The molecule has 2 saturated carbocycles. The Morgan fingerprint density at radius 2 is 1.89 bits per heavy atom. The van der Waals surface area contributed by atoms with Crippen LogP contribution in [-0.4, -0.2) is 66.5 Å². The Hall–Kier alpha value is -3.66. The molecule has 0 spiro atoms. The van der Waals surface area contributed by atoms with E-state index >= 15 is 0 Å². The van der Waals surface area contributed by atoms with Crippen LogP contribution in [0.15, 0.2) is 30.5 Å². The van der Waals surface area contributed by atoms with Gasteiger partial charge in [-0.2, -0.15) is 4.98 Å². The maximum atomic E-state index is 14.8. The number of anilines is 2. The monoisotopic (exact) mass is 634 g/mol. The van der Waals surface area contributed by atoms with Gasteiger partial charge in [-0.15, -0.1) is 24.5 Å². The fourth-order valence-electron chi connectivity index (χ4n) is 5.59. The minimum atomic E-state index is -4.95. The second-order valence-electron chi connectivity index (χ2n) is 11.2. The highest BCUT2D eigenvalue weighted by molar-refractivity contribution is 7.21. The molecule has 0 unspecified atom stereocenters. The number of pyridine rings is 1. The van der Waals surface area contributed by atoms with E-state index in [1.807, 2.05) is 6.07 Å². The minimum Gasteiger partial charge on any atom is -0.406 e. The number of nitrogens with one attached hydrogen (secondary N) is 2. The van der Waals surface area contributed by atoms with Gasteiger partial charge in [0.25, 0.3) is 0 Å². The first-order valence-corrected chi connectivity index (χ1v) is 14.9. The number of hydrogen-bond acceptors (Lipinski definition) is 11. The van der Waals surface area contributed by atoms with Crippen molar-refractivity contribution < 1.29 is 37.6 Å². The summed E-state index contributed by atoms with van der Waals surface area (Å²) in [4.78, 5) is 18.7. The van der Waals surface area contributed by atoms with Crippen LogP contribution < -0.4 is 15.4 Å². The van der Waals surface area contributed by atoms with Crippen molar-refractivity contribution in [2.45, 2.75) is 69.7 Å². The van der Waals surface area contributed by atoms with Gasteiger partial charge >= 0.3 is 6.36 Å². The SMILES string of the molecule is Cc1nc(N[C@H](C)c2ccc(OC(F)(F)F)cc2F)nc(N[C@@H]2C[C@H](CO)[C@@H](O)[C@H]2O)c1-c1nc2c(C3CC3)nccc2s1. The molecule has 3 heterocycles. The highest BCUT2D eigenvalue weighted by Crippen LogP contribution is 2.44. The summed E-state index contributed by atoms with van der Waals surface area (Å²) in [7, 11) is 0. The molecule has 0 bridgehead atoms. The van der Waals surface area contributed by atoms with Crippen LogP contribution >= 0.6 is 11.3 Å². The number of ether oxygens (including phenoxy) is 1. The molecule has 1 aromatic carbocycles. The third-order valence-corrected chi connectivity index (χ3v) is 9.02. The van der Waals surface area contributed by atoms with E-state index in [4.69, 9.17) is 4.98 Å². The third-order valence-electron chi connectivity index (χ3n) is 7.98. The third kappa shape index (κ3) is 6.14. The molecule has 0 aliphatic heterocycles. The number of alkyl halides is 3. The summed E-state index contributed by atoms with van der Waals surface area (Å²) in [5.74, 6) is -1.36. The maximum Gasteiger partial charge on any atom is 0.573 e. The van der Waals surface area contributed by atoms with Crippen molar-refractivity contribution >= 4 is 33.3 Å². The number of benzene rings is 1. The zero-order chi connectivity index (χ0) is 31.3. The summed E-state index contributed by atoms with van der Waals surface area (Å²) < 4.78 is 57.3. The van der Waals surface area contributed by atoms with E-state index in [9.17, 15) is 32.9 Å². The van der Waals surface area contributed by atoms with E-state index in [1.54, 1.807) is 20.0 Å². The second-order valence-corrected chi connectivity index (χ2v) is 12.2. The molecule has 234 valence electrons. The van der Waals surface area contributed by atoms with Crippen LogP contribution in [0.1, 0.15) is 55.1 Å². The Morgan fingerprint density at radius 3 is 2.55 bits per heavy atom. The molecule has 0 amide bonds. The second kappa shape index (κ2) is 11.7. The normalized spacial score (nSPS) is 22.8. The number of hydrogen-bond donors (Lipinski definition) is 5. The maximum absolute atomic E-state index is 14.8. The lowest BCUT2D eigenvalue weighted by Gasteiger charge is -2.22. The average molecular weight is 635 g/mol. The predicted molar refractivity (Wildman–Crippen MR) is 155 cm³/mol. The molecular weight excluding hydrogens is 604 g/mol. The molecule has 0 radical (unpaired) electrons. The Morgan fingerprint density at radius 1 is 1.11 bits per heavy atom. The lowest BCUT2D eigenvalue weighted by molar-refractivity contribution is -0.274. The first-order valence-electron chi connectivity index (χ1n) is 14.1. The van der Waals surface area contributed by atoms with Gasteiger partial charge in [-0.05, 0) is 45.2 Å². The van der Waals surface area contributed by atoms with Crippen LogP contribution in [0.5, 0.6) is 5.75 Å². The highest BCUT2D eigenvalue weighted by atomic mass is 32.1. The molecule has 0 saturated heterocycles. The number of aromatic nitrogens is 4. The van der Waals surface area contributed by atoms with E-state index < -0.39 is 48.1 Å². The van der Waals surface area contributed by atoms with E-state index in [2.05, 4.69) is 30.3 Å². The molecule has 6 rings (SSSR count). The van der Waals surface area contributed by atoms with Gasteiger partial charge in [0.05, 0.1) is 39.8 Å². The standard InChI is InChI=1S/C29H30F4N6O4S/c1-12(17-6-5-16(10-18(17)30)43-29(31,32)33)35-28-36-13(2)21(26(39-28)37-19-9-15(11-40)24(41)25(19)42)27-38-23-20(44-27)7-8-34-22(23)14-3-4-14/h5-8,10,12,14-15,19,24-25,40-42H,3-4,9,11H2,1-2H3,(H2,35,36,37,39)/t12-,15-,19-,24-,25+/m1/s1. The highest BCUT2D eigenvalue weighted by Gasteiger charge is 2.42. The summed E-state index contributed by atoms with van der Waals surface area (Å²) in [5.41, 5.74) is 2.89. The van der Waals surface area contributed by atoms with Crippen molar-refractivity contribution in [3.8, 4) is 16.3 Å². The van der Waals surface area contributed by atoms with Gasteiger partial charge in [-0.3, -0.25) is 4.98 Å². The number of nitrogens with zero attached hydrogens (tertiary/aromatic N) is 4. The van der Waals surface area contributed by atoms with Crippen LogP contribution in [0, 0.1) is 18.7 Å². The predicted octanol–water partition coefficient (Wildman–Crippen LogP) is 5.06. The molecule has 5 N–H and O–H groups in total. The number of fused-ring (bicyclic) bond motifs is 1. The number of rotatable bonds is 9. The van der Waals surface area contributed by atoms with Crippen LogP contribution in [-0.2, 0) is 0 Å². The number of aliphatic hydroxyl groups is 3. The molecule has 3 aromatic heterocycles. The molecule has 2 fully saturated rings. The van der Waals surface area contributed by atoms with Gasteiger partial charge in [0.2, 0.25) is 5.95 Å². The quantitative estimate of drug-likeness (QED) is 0.159. The smallest absolute Gasteiger partial charge is 0.406 e. The van der Waals surface area contributed by atoms with Gasteiger partial charge in [0.15, 0.2) is 0 Å². The summed E-state index contributed by atoms with van der Waals surface area (Å²) in [6.07, 6.45) is -3.12. The van der Waals surface area contributed by atoms with Crippen molar-refractivity contribution in [1.29, 1.82) is 0 Å². The lowest BCUT2D eigenvalue weighted by atomic mass is 10.1. The van der Waals surface area contributed by atoms with Crippen LogP contribution in [0.3, 0.4) is 0 Å². The zero-order valence-corrected chi connectivity index (χ0v) is 24.5. The van der Waals surface area contributed by atoms with Crippen molar-refractivity contribution in [3.05, 3.63) is 53.2 Å². The molecule has 15 heteroatoms. The van der Waals surface area contributed by atoms with Crippen molar-refractivity contribution in [2.75, 3.05) is 17.2 Å². The number of thiazole rings is 1. The number of aryl methyl sites for hydroxylation is 1. The molecule has 2 aliphatic carbocycles. The fraction of sp³-hybridized carbons (Fsp3) is 0.448. The summed E-state index contributed by atoms with van der Waals surface area (Å²) in [6, 6.07) is 3.34. The van der Waals surface area contributed by atoms with Crippen LogP contribution in [0.2, 0.25) is 0 Å². The van der Waals surface area contributed by atoms with E-state index in [-0.39, 0.29) is 24.5 Å². The molecule has 2 aliphatic rings. The largest absolute Gasteiger partial charge is 0.573 e. The topological polar surface area (TPSA) is 146 Å². The summed E-state index contributed by atoms with van der Waals surface area (Å²) >= 11 is 1.44. The van der Waals surface area contributed by atoms with Crippen LogP contribution in [0.25, 0.3) is 20.8 Å². The Kier molecular flexibility index (Phi) is 8.07. The zero-order valence-electron chi connectivity index (χ0n) is 23.6. The van der Waals surface area contributed by atoms with Gasteiger partial charge < -0.3 is 30.7 Å². The van der Waals surface area contributed by atoms with Gasteiger partial charge in [0.1, 0.15) is 34.0 Å². The summed E-state index contributed by atoms with van der Waals surface area (Å²) in [5, 5.41) is 37.7. The van der Waals surface area contributed by atoms with Gasteiger partial charge in [-0.1, -0.05) is 6.07 Å². The Bertz CT molecular complexity index is 1680. The number of halogens is 4. The molecule has 10 nitrogen and oxygen atoms in total. The van der Waals surface area contributed by atoms with E-state index in [0.717, 1.165) is 34.8 Å². The first-order chi connectivity index (χ1) is 20.9. The minimum absolute atomic E-state index is 0.0609. The van der Waals surface area contributed by atoms with Crippen LogP contribution in [0.4, 0.5) is 29.3 Å². The fourth-order valence-corrected chi connectivity index (χ4v) is 6.65. The summed E-state index contributed by atoms with van der Waals surface area (Å²) in [6.45, 7) is 3.05. The first kappa shape index (κ1) is 30.4. The molecular formula is C29H30F4N6O4S.